The molecule has 3 N–H and O–H groups in total. The molecule has 7 heteroatoms. The lowest BCUT2D eigenvalue weighted by Gasteiger charge is -2.20. The van der Waals surface area contributed by atoms with Crippen molar-refractivity contribution in [3.05, 3.63) is 30.3 Å². The molecule has 13 heavy (non-hydrogen) atoms. The lowest BCUT2D eigenvalue weighted by atomic mass is 10.3. The number of hydrogen-bond acceptors (Lipinski definition) is 4. The van der Waals surface area contributed by atoms with Gasteiger partial charge in [0, 0.05) is 11.3 Å². The van der Waals surface area contributed by atoms with Crippen LogP contribution in [-0.2, 0) is 11.3 Å². The van der Waals surface area contributed by atoms with E-state index in [0.29, 0.717) is 5.69 Å². The lowest BCUT2D eigenvalue weighted by molar-refractivity contribution is 0.519. The molecule has 0 spiro atoms. The average molecular weight is 223 g/mol. The van der Waals surface area contributed by atoms with Gasteiger partial charge in [0.1, 0.15) is 0 Å². The second-order valence-corrected chi connectivity index (χ2v) is 2.68. The van der Waals surface area contributed by atoms with Crippen molar-refractivity contribution < 1.29 is 8.76 Å². The summed E-state index contributed by atoms with van der Waals surface area (Å²) in [6.07, 6.45) is 0. The third-order valence-corrected chi connectivity index (χ3v) is 1.55. The molecule has 0 amide bonds. The maximum atomic E-state index is 10.2. The molecule has 5 nitrogen and oxygen atoms in total. The second-order valence-electron chi connectivity index (χ2n) is 2.03. The van der Waals surface area contributed by atoms with Gasteiger partial charge in [0.15, 0.2) is 0 Å². The van der Waals surface area contributed by atoms with Gasteiger partial charge >= 0.3 is 0 Å². The topological polar surface area (TPSA) is 81.4 Å². The molecule has 74 valence electrons. The van der Waals surface area contributed by atoms with E-state index < -0.39 is 11.3 Å². The molecule has 1 aromatic carbocycles. The number of benzene rings is 1. The first kappa shape index (κ1) is 12.3. The largest absolute Gasteiger partial charge is 0.758 e. The van der Waals surface area contributed by atoms with E-state index in [1.165, 1.54) is 0 Å². The van der Waals surface area contributed by atoms with Crippen LogP contribution in [0.4, 0.5) is 5.69 Å². The minimum atomic E-state index is -2.40. The van der Waals surface area contributed by atoms with Crippen molar-refractivity contribution in [1.82, 2.24) is 4.83 Å². The van der Waals surface area contributed by atoms with E-state index in [1.54, 1.807) is 24.3 Å². The molecular weight excluding hydrogens is 214 g/mol. The van der Waals surface area contributed by atoms with Gasteiger partial charge in [-0.1, -0.05) is 18.2 Å². The normalized spacial score (nSPS) is 11.5. The Hall–Kier alpha value is -0.660. The maximum Gasteiger partial charge on any atom is 0.0709 e. The van der Waals surface area contributed by atoms with Gasteiger partial charge in [-0.2, -0.15) is 0 Å². The first-order valence-electron chi connectivity index (χ1n) is 3.15. The Bertz CT molecular complexity index is 272. The smallest absolute Gasteiger partial charge is 0.0709 e. The Morgan fingerprint density at radius 2 is 1.92 bits per heavy atom. The zero-order valence-electron chi connectivity index (χ0n) is 6.54. The highest BCUT2D eigenvalue weighted by Crippen LogP contribution is 2.06. The zero-order valence-corrected chi connectivity index (χ0v) is 8.18. The highest BCUT2D eigenvalue weighted by atomic mass is 35.5. The van der Waals surface area contributed by atoms with Gasteiger partial charge in [-0.15, -0.1) is 17.2 Å². The van der Waals surface area contributed by atoms with Crippen molar-refractivity contribution in [3.63, 3.8) is 0 Å². The molecular formula is C6H9ClN3O2S-. The predicted molar refractivity (Wildman–Crippen MR) is 52.4 cm³/mol. The summed E-state index contributed by atoms with van der Waals surface area (Å²) in [5.41, 5.74) is 0.571. The maximum absolute atomic E-state index is 10.2. The van der Waals surface area contributed by atoms with Crippen molar-refractivity contribution in [2.24, 2.45) is 5.84 Å². The van der Waals surface area contributed by atoms with Gasteiger partial charge in [0.05, 0.1) is 5.69 Å². The van der Waals surface area contributed by atoms with E-state index in [0.717, 1.165) is 5.12 Å². The van der Waals surface area contributed by atoms with Crippen LogP contribution in [-0.4, -0.2) is 8.76 Å². The Kier molecular flexibility index (Phi) is 5.60. The quantitative estimate of drug-likeness (QED) is 0.431. The minimum Gasteiger partial charge on any atom is -0.758 e. The molecule has 0 heterocycles. The number of rotatable bonds is 3. The van der Waals surface area contributed by atoms with E-state index in [2.05, 4.69) is 0 Å². The Balaban J connectivity index is 0.00000144. The van der Waals surface area contributed by atoms with Crippen molar-refractivity contribution in [2.75, 3.05) is 5.12 Å². The minimum absolute atomic E-state index is 0. The molecule has 1 aromatic rings. The second kappa shape index (κ2) is 5.90. The summed E-state index contributed by atoms with van der Waals surface area (Å²) < 4.78 is 20.3. The van der Waals surface area contributed by atoms with Gasteiger partial charge < -0.3 is 4.55 Å². The van der Waals surface area contributed by atoms with Crippen LogP contribution < -0.4 is 15.8 Å². The van der Waals surface area contributed by atoms with E-state index in [1.807, 2.05) is 10.9 Å². The fraction of sp³-hybridized carbons (Fsp3) is 0. The molecule has 0 radical (unpaired) electrons. The standard InChI is InChI=1S/C6H9N3O2S.ClH/c7-9(8-12(10)11)6-4-2-1-3-5-6;/h1-5,8H,7H2,(H,10,11);1H/p-1. The first-order valence-corrected chi connectivity index (χ1v) is 4.23. The highest BCUT2D eigenvalue weighted by molar-refractivity contribution is 7.77. The van der Waals surface area contributed by atoms with Crippen LogP contribution in [0.2, 0.25) is 0 Å². The van der Waals surface area contributed by atoms with Crippen LogP contribution in [0.5, 0.6) is 0 Å². The summed E-state index contributed by atoms with van der Waals surface area (Å²) in [7, 11) is 0. The highest BCUT2D eigenvalue weighted by Gasteiger charge is 1.97. The average Bonchev–Trinajstić information content (AvgIpc) is 2.05. The monoisotopic (exact) mass is 222 g/mol. The van der Waals surface area contributed by atoms with Crippen LogP contribution in [0, 0.1) is 0 Å². The van der Waals surface area contributed by atoms with Crippen molar-refractivity contribution in [2.45, 2.75) is 0 Å². The van der Waals surface area contributed by atoms with Gasteiger partial charge in [0.25, 0.3) is 0 Å². The number of nitrogens with zero attached hydrogens (tertiary/aromatic N) is 1. The molecule has 0 fully saturated rings. The number of hydrazine groups is 2. The third kappa shape index (κ3) is 4.20. The summed E-state index contributed by atoms with van der Waals surface area (Å²) in [5.74, 6) is 5.33. The lowest BCUT2D eigenvalue weighted by Crippen LogP contribution is -2.44. The summed E-state index contributed by atoms with van der Waals surface area (Å²) in [5, 5.41) is 0.920. The van der Waals surface area contributed by atoms with Gasteiger partial charge in [-0.3, -0.25) is 4.21 Å². The predicted octanol–water partition coefficient (Wildman–Crippen LogP) is 0.0872. The molecule has 0 aliphatic carbocycles. The van der Waals surface area contributed by atoms with Gasteiger partial charge in [0.2, 0.25) is 0 Å². The number of hydrogen-bond donors (Lipinski definition) is 2. The summed E-state index contributed by atoms with van der Waals surface area (Å²) >= 11 is -2.40. The summed E-state index contributed by atoms with van der Waals surface area (Å²) in [4.78, 5) is 1.99. The van der Waals surface area contributed by atoms with Crippen molar-refractivity contribution >= 4 is 29.4 Å². The Morgan fingerprint density at radius 1 is 1.38 bits per heavy atom. The number of halogens is 1. The first-order chi connectivity index (χ1) is 5.70. The summed E-state index contributed by atoms with van der Waals surface area (Å²) in [6.45, 7) is 0. The molecule has 1 atom stereocenters. The fourth-order valence-electron chi connectivity index (χ4n) is 0.722. The van der Waals surface area contributed by atoms with Crippen LogP contribution in [0.3, 0.4) is 0 Å². The molecule has 0 saturated heterocycles. The molecule has 0 saturated carbocycles. The molecule has 1 rings (SSSR count). The van der Waals surface area contributed by atoms with Crippen LogP contribution in [0.15, 0.2) is 30.3 Å². The van der Waals surface area contributed by atoms with Gasteiger partial charge in [-0.05, 0) is 12.1 Å². The molecule has 0 aromatic heterocycles. The van der Waals surface area contributed by atoms with Crippen LogP contribution >= 0.6 is 12.4 Å². The Labute approximate surface area is 84.7 Å². The van der Waals surface area contributed by atoms with E-state index in [-0.39, 0.29) is 12.4 Å². The number of nitrogens with two attached hydrogens (primary N) is 1. The molecule has 0 bridgehead atoms. The van der Waals surface area contributed by atoms with Crippen LogP contribution in [0.25, 0.3) is 0 Å². The van der Waals surface area contributed by atoms with E-state index >= 15 is 0 Å². The number of nitrogens with one attached hydrogen (secondary N) is 1. The van der Waals surface area contributed by atoms with Crippen molar-refractivity contribution in [3.8, 4) is 0 Å². The van der Waals surface area contributed by atoms with Crippen molar-refractivity contribution in [1.29, 1.82) is 0 Å². The third-order valence-electron chi connectivity index (χ3n) is 1.21. The fourth-order valence-corrected chi connectivity index (χ4v) is 0.988. The van der Waals surface area contributed by atoms with E-state index in [4.69, 9.17) is 5.84 Å². The number of para-hydroxylation sites is 1. The van der Waals surface area contributed by atoms with Gasteiger partial charge in [-0.25, -0.2) is 11.0 Å². The van der Waals surface area contributed by atoms with Crippen LogP contribution in [0.1, 0.15) is 0 Å². The number of anilines is 1. The Morgan fingerprint density at radius 3 is 2.38 bits per heavy atom. The molecule has 1 unspecified atom stereocenters. The SMILES string of the molecule is Cl.NN(NS(=O)[O-])c1ccccc1. The van der Waals surface area contributed by atoms with E-state index in [9.17, 15) is 8.76 Å². The summed E-state index contributed by atoms with van der Waals surface area (Å²) in [6, 6.07) is 8.68. The molecule has 0 aliphatic rings. The zero-order chi connectivity index (χ0) is 8.97. The molecule has 0 aliphatic heterocycles.